The quantitative estimate of drug-likeness (QED) is 0.907. The van der Waals surface area contributed by atoms with Crippen LogP contribution in [0.15, 0.2) is 6.20 Å². The Kier molecular flexibility index (Phi) is 3.81. The molecule has 2 fully saturated rings. The third-order valence-corrected chi connectivity index (χ3v) is 5.14. The Morgan fingerprint density at radius 2 is 2.00 bits per heavy atom. The van der Waals surface area contributed by atoms with Crippen LogP contribution in [0.4, 0.5) is 13.2 Å². The minimum atomic E-state index is -4.25. The SMILES string of the molecule is N#CC1(n2cc([CH]C3(C(N)=O)CCC(C(F)(F)F)CC3)nn2)CC1. The van der Waals surface area contributed by atoms with Crippen molar-refractivity contribution < 1.29 is 18.0 Å². The fourth-order valence-electron chi connectivity index (χ4n) is 3.27. The molecule has 24 heavy (non-hydrogen) atoms. The van der Waals surface area contributed by atoms with E-state index < -0.39 is 29.0 Å². The van der Waals surface area contributed by atoms with Crippen LogP contribution < -0.4 is 5.73 Å². The first-order valence-corrected chi connectivity index (χ1v) is 7.77. The van der Waals surface area contributed by atoms with E-state index in [1.165, 1.54) is 11.1 Å². The molecule has 1 heterocycles. The smallest absolute Gasteiger partial charge is 0.369 e. The number of primary amides is 1. The molecule has 0 saturated heterocycles. The fraction of sp³-hybridized carbons (Fsp3) is 0.667. The van der Waals surface area contributed by atoms with Crippen LogP contribution >= 0.6 is 0 Å². The van der Waals surface area contributed by atoms with Crippen molar-refractivity contribution in [2.45, 2.75) is 50.2 Å². The minimum Gasteiger partial charge on any atom is -0.369 e. The molecule has 6 nitrogen and oxygen atoms in total. The van der Waals surface area contributed by atoms with E-state index in [9.17, 15) is 18.0 Å². The van der Waals surface area contributed by atoms with Gasteiger partial charge in [0.15, 0.2) is 5.54 Å². The van der Waals surface area contributed by atoms with E-state index in [0.717, 1.165) is 0 Å². The number of alkyl halides is 3. The van der Waals surface area contributed by atoms with E-state index in [1.807, 2.05) is 0 Å². The normalized spacial score (nSPS) is 29.0. The van der Waals surface area contributed by atoms with Crippen LogP contribution in [0, 0.1) is 29.1 Å². The van der Waals surface area contributed by atoms with Crippen molar-refractivity contribution in [1.82, 2.24) is 15.0 Å². The highest BCUT2D eigenvalue weighted by atomic mass is 19.4. The topological polar surface area (TPSA) is 97.6 Å². The lowest BCUT2D eigenvalue weighted by molar-refractivity contribution is -0.187. The van der Waals surface area contributed by atoms with Crippen molar-refractivity contribution in [2.75, 3.05) is 0 Å². The maximum Gasteiger partial charge on any atom is 0.391 e. The molecular formula is C15H17F3N5O. The van der Waals surface area contributed by atoms with E-state index in [0.29, 0.717) is 18.5 Å². The third-order valence-electron chi connectivity index (χ3n) is 5.14. The van der Waals surface area contributed by atoms with Gasteiger partial charge in [-0.1, -0.05) is 5.21 Å². The molecule has 2 N–H and O–H groups in total. The summed E-state index contributed by atoms with van der Waals surface area (Å²) >= 11 is 0. The summed E-state index contributed by atoms with van der Waals surface area (Å²) in [5.74, 6) is -2.05. The van der Waals surface area contributed by atoms with Crippen LogP contribution in [0.3, 0.4) is 0 Å². The first-order valence-electron chi connectivity index (χ1n) is 7.77. The maximum absolute atomic E-state index is 12.8. The van der Waals surface area contributed by atoms with Crippen LogP contribution in [-0.2, 0) is 10.3 Å². The van der Waals surface area contributed by atoms with Crippen LogP contribution in [0.5, 0.6) is 0 Å². The lowest BCUT2D eigenvalue weighted by Crippen LogP contribution is -2.43. The van der Waals surface area contributed by atoms with Gasteiger partial charge in [0.25, 0.3) is 0 Å². The molecule has 0 bridgehead atoms. The molecule has 3 rings (SSSR count). The summed E-state index contributed by atoms with van der Waals surface area (Å²) in [7, 11) is 0. The Morgan fingerprint density at radius 1 is 1.38 bits per heavy atom. The van der Waals surface area contributed by atoms with Crippen molar-refractivity contribution in [2.24, 2.45) is 17.1 Å². The average Bonchev–Trinajstić information content (AvgIpc) is 3.19. The maximum atomic E-state index is 12.8. The lowest BCUT2D eigenvalue weighted by atomic mass is 9.67. The second kappa shape index (κ2) is 5.46. The fourth-order valence-corrected chi connectivity index (χ4v) is 3.27. The summed E-state index contributed by atoms with van der Waals surface area (Å²) in [6, 6.07) is 2.17. The molecule has 129 valence electrons. The first kappa shape index (κ1) is 16.7. The van der Waals surface area contributed by atoms with Gasteiger partial charge in [0.2, 0.25) is 5.91 Å². The molecule has 0 aromatic carbocycles. The molecule has 9 heteroatoms. The monoisotopic (exact) mass is 340 g/mol. The number of carbonyl (C=O) groups excluding carboxylic acids is 1. The largest absolute Gasteiger partial charge is 0.391 e. The second-order valence-corrected chi connectivity index (χ2v) is 6.71. The van der Waals surface area contributed by atoms with Gasteiger partial charge in [0.1, 0.15) is 0 Å². The van der Waals surface area contributed by atoms with Crippen molar-refractivity contribution >= 4 is 5.91 Å². The summed E-state index contributed by atoms with van der Waals surface area (Å²) in [5, 5.41) is 17.0. The number of aromatic nitrogens is 3. The molecular weight excluding hydrogens is 323 g/mol. The van der Waals surface area contributed by atoms with Crippen LogP contribution in [0.2, 0.25) is 0 Å². The molecule has 0 spiro atoms. The van der Waals surface area contributed by atoms with Crippen molar-refractivity contribution in [3.63, 3.8) is 0 Å². The standard InChI is InChI=1S/C15H17F3N5O/c16-15(17,18)10-1-3-13(4-2-10,12(20)24)7-11-8-23(22-21-11)14(9-19)5-6-14/h7-8,10H,1-6H2,(H2,20,24). The number of nitriles is 1. The van der Waals surface area contributed by atoms with Crippen molar-refractivity contribution in [1.29, 1.82) is 5.26 Å². The molecule has 2 saturated carbocycles. The Morgan fingerprint density at radius 3 is 2.46 bits per heavy atom. The summed E-state index contributed by atoms with van der Waals surface area (Å²) in [6.45, 7) is 0. The highest BCUT2D eigenvalue weighted by Gasteiger charge is 2.50. The molecule has 0 unspecified atom stereocenters. The van der Waals surface area contributed by atoms with Gasteiger partial charge >= 0.3 is 6.18 Å². The van der Waals surface area contributed by atoms with Gasteiger partial charge < -0.3 is 5.73 Å². The van der Waals surface area contributed by atoms with Crippen molar-refractivity contribution in [3.8, 4) is 6.07 Å². The number of hydrogen-bond acceptors (Lipinski definition) is 4. The molecule has 1 aromatic rings. The second-order valence-electron chi connectivity index (χ2n) is 6.71. The number of nitrogens with two attached hydrogens (primary N) is 1. The van der Waals surface area contributed by atoms with Gasteiger partial charge in [-0.05, 0) is 38.5 Å². The molecule has 0 aliphatic heterocycles. The van der Waals surface area contributed by atoms with Gasteiger partial charge in [-0.3, -0.25) is 4.79 Å². The molecule has 1 amide bonds. The summed E-state index contributed by atoms with van der Waals surface area (Å²) in [5.41, 5.74) is 4.02. The van der Waals surface area contributed by atoms with Gasteiger partial charge in [-0.15, -0.1) is 5.10 Å². The zero-order chi connectivity index (χ0) is 17.6. The number of amides is 1. The van der Waals surface area contributed by atoms with Gasteiger partial charge in [0.05, 0.1) is 29.3 Å². The molecule has 2 aliphatic rings. The highest BCUT2D eigenvalue weighted by molar-refractivity contribution is 5.83. The number of halogens is 3. The predicted octanol–water partition coefficient (Wildman–Crippen LogP) is 2.07. The van der Waals surface area contributed by atoms with E-state index in [-0.39, 0.29) is 25.7 Å². The number of hydrogen-bond donors (Lipinski definition) is 1. The number of carbonyl (C=O) groups is 1. The summed E-state index contributed by atoms with van der Waals surface area (Å²) in [4.78, 5) is 11.9. The zero-order valence-electron chi connectivity index (χ0n) is 12.9. The number of rotatable bonds is 4. The Labute approximate surface area is 136 Å². The van der Waals surface area contributed by atoms with Gasteiger partial charge in [-0.2, -0.15) is 18.4 Å². The van der Waals surface area contributed by atoms with Crippen LogP contribution in [0.25, 0.3) is 0 Å². The van der Waals surface area contributed by atoms with E-state index in [2.05, 4.69) is 16.4 Å². The van der Waals surface area contributed by atoms with E-state index in [1.54, 1.807) is 6.20 Å². The Hall–Kier alpha value is -2.11. The Bertz CT molecular complexity index is 678. The van der Waals surface area contributed by atoms with E-state index in [4.69, 9.17) is 11.0 Å². The third kappa shape index (κ3) is 2.85. The first-order chi connectivity index (χ1) is 11.2. The number of nitrogens with zero attached hydrogens (tertiary/aromatic N) is 4. The van der Waals surface area contributed by atoms with Crippen molar-refractivity contribution in [3.05, 3.63) is 18.3 Å². The Balaban J connectivity index is 1.74. The predicted molar refractivity (Wildman–Crippen MR) is 75.9 cm³/mol. The lowest BCUT2D eigenvalue weighted by Gasteiger charge is -2.37. The molecule has 0 atom stereocenters. The average molecular weight is 340 g/mol. The zero-order valence-corrected chi connectivity index (χ0v) is 12.9. The van der Waals surface area contributed by atoms with Crippen LogP contribution in [-0.4, -0.2) is 27.1 Å². The minimum absolute atomic E-state index is 0.0305. The molecule has 1 radical (unpaired) electrons. The summed E-state index contributed by atoms with van der Waals surface area (Å²) < 4.78 is 39.9. The summed E-state index contributed by atoms with van der Waals surface area (Å²) in [6.07, 6.45) is -0.0429. The van der Waals surface area contributed by atoms with Gasteiger partial charge in [-0.25, -0.2) is 4.68 Å². The highest BCUT2D eigenvalue weighted by Crippen LogP contribution is 2.47. The van der Waals surface area contributed by atoms with Gasteiger partial charge in [0, 0.05) is 6.42 Å². The van der Waals surface area contributed by atoms with E-state index >= 15 is 0 Å². The van der Waals surface area contributed by atoms with Crippen LogP contribution in [0.1, 0.15) is 44.2 Å². The molecule has 1 aromatic heterocycles. The molecule has 2 aliphatic carbocycles.